The summed E-state index contributed by atoms with van der Waals surface area (Å²) in [5.74, 6) is 0.974. The van der Waals surface area contributed by atoms with Gasteiger partial charge in [-0.1, -0.05) is 34.1 Å². The zero-order valence-corrected chi connectivity index (χ0v) is 7.91. The van der Waals surface area contributed by atoms with Crippen molar-refractivity contribution in [2.24, 2.45) is 0 Å². The molecule has 53 valence electrons. The second kappa shape index (κ2) is 4.04. The zero-order chi connectivity index (χ0) is 7.40. The van der Waals surface area contributed by atoms with E-state index in [4.69, 9.17) is 0 Å². The average Bonchev–Trinajstić information content (AvgIpc) is 1.94. The van der Waals surface area contributed by atoms with E-state index in [0.29, 0.717) is 0 Å². The van der Waals surface area contributed by atoms with Gasteiger partial charge in [0.2, 0.25) is 0 Å². The number of thioether (sulfide) groups is 1. The van der Waals surface area contributed by atoms with E-state index in [9.17, 15) is 0 Å². The molecule has 0 fully saturated rings. The molecule has 0 aromatic heterocycles. The summed E-state index contributed by atoms with van der Waals surface area (Å²) in [6, 6.07) is 8.20. The highest BCUT2D eigenvalue weighted by atomic mass is 79.9. The van der Waals surface area contributed by atoms with Crippen LogP contribution in [0.25, 0.3) is 0 Å². The molecule has 0 spiro atoms. The van der Waals surface area contributed by atoms with Crippen LogP contribution in [0.2, 0.25) is 0 Å². The lowest BCUT2D eigenvalue weighted by Gasteiger charge is -1.99. The molecule has 0 nitrogen and oxygen atoms in total. The van der Waals surface area contributed by atoms with Crippen LogP contribution in [-0.4, -0.2) is 0 Å². The third-order valence-electron chi connectivity index (χ3n) is 1.22. The Morgan fingerprint density at radius 1 is 1.40 bits per heavy atom. The molecule has 0 atom stereocenters. The Hall–Kier alpha value is 0.0500. The van der Waals surface area contributed by atoms with Crippen LogP contribution >= 0.6 is 27.7 Å². The molecular formula is C8H8BrS. The van der Waals surface area contributed by atoms with Crippen molar-refractivity contribution in [1.82, 2.24) is 0 Å². The Bertz CT molecular complexity index is 210. The van der Waals surface area contributed by atoms with Crippen LogP contribution in [0.15, 0.2) is 28.7 Å². The van der Waals surface area contributed by atoms with Gasteiger partial charge in [-0.2, -0.15) is 11.8 Å². The van der Waals surface area contributed by atoms with Crippen LogP contribution in [-0.2, 0) is 5.75 Å². The quantitative estimate of drug-likeness (QED) is 0.729. The van der Waals surface area contributed by atoms with E-state index in [0.717, 1.165) is 5.75 Å². The van der Waals surface area contributed by atoms with Gasteiger partial charge in [0.25, 0.3) is 0 Å². The van der Waals surface area contributed by atoms with Crippen LogP contribution in [0, 0.1) is 6.26 Å². The maximum absolute atomic E-state index is 3.72. The van der Waals surface area contributed by atoms with Crippen molar-refractivity contribution in [1.29, 1.82) is 0 Å². The first-order chi connectivity index (χ1) is 4.84. The molecule has 0 N–H and O–H groups in total. The molecule has 0 amide bonds. The van der Waals surface area contributed by atoms with Crippen molar-refractivity contribution in [2.45, 2.75) is 5.75 Å². The van der Waals surface area contributed by atoms with Crippen molar-refractivity contribution in [3.05, 3.63) is 40.6 Å². The molecule has 10 heavy (non-hydrogen) atoms. The molecule has 0 saturated carbocycles. The van der Waals surface area contributed by atoms with E-state index in [-0.39, 0.29) is 0 Å². The van der Waals surface area contributed by atoms with E-state index >= 15 is 0 Å². The zero-order valence-electron chi connectivity index (χ0n) is 5.51. The third-order valence-corrected chi connectivity index (χ3v) is 2.50. The van der Waals surface area contributed by atoms with E-state index in [1.165, 1.54) is 10.0 Å². The van der Waals surface area contributed by atoms with Gasteiger partial charge in [-0.15, -0.1) is 0 Å². The summed E-state index contributed by atoms with van der Waals surface area (Å²) in [7, 11) is 0. The van der Waals surface area contributed by atoms with Gasteiger partial charge in [0, 0.05) is 16.5 Å². The van der Waals surface area contributed by atoms with Gasteiger partial charge < -0.3 is 0 Å². The SMILES string of the molecule is [CH2]SCc1ccccc1Br. The first-order valence-electron chi connectivity index (χ1n) is 2.95. The highest BCUT2D eigenvalue weighted by Crippen LogP contribution is 2.19. The normalized spacial score (nSPS) is 9.80. The van der Waals surface area contributed by atoms with E-state index in [1.807, 2.05) is 18.2 Å². The van der Waals surface area contributed by atoms with E-state index in [1.54, 1.807) is 11.8 Å². The number of hydrogen-bond acceptors (Lipinski definition) is 1. The molecule has 0 unspecified atom stereocenters. The summed E-state index contributed by atoms with van der Waals surface area (Å²) >= 11 is 5.05. The second-order valence-electron chi connectivity index (χ2n) is 1.94. The third kappa shape index (κ3) is 2.03. The number of rotatable bonds is 2. The predicted molar refractivity (Wildman–Crippen MR) is 50.8 cm³/mol. The van der Waals surface area contributed by atoms with Crippen LogP contribution in [0.5, 0.6) is 0 Å². The summed E-state index contributed by atoms with van der Waals surface area (Å²) in [5, 5.41) is 0. The molecule has 1 aromatic carbocycles. The summed E-state index contributed by atoms with van der Waals surface area (Å²) in [4.78, 5) is 0. The van der Waals surface area contributed by atoms with Gasteiger partial charge in [0.15, 0.2) is 0 Å². The van der Waals surface area contributed by atoms with Crippen molar-refractivity contribution in [2.75, 3.05) is 0 Å². The Morgan fingerprint density at radius 2 is 2.10 bits per heavy atom. The lowest BCUT2D eigenvalue weighted by atomic mass is 10.2. The van der Waals surface area contributed by atoms with Crippen LogP contribution < -0.4 is 0 Å². The van der Waals surface area contributed by atoms with Gasteiger partial charge in [-0.25, -0.2) is 0 Å². The Morgan fingerprint density at radius 3 is 2.70 bits per heavy atom. The molecule has 0 bridgehead atoms. The summed E-state index contributed by atoms with van der Waals surface area (Å²) in [5.41, 5.74) is 1.31. The molecule has 0 heterocycles. The monoisotopic (exact) mass is 215 g/mol. The lowest BCUT2D eigenvalue weighted by Crippen LogP contribution is -1.78. The largest absolute Gasteiger partial charge is 0.156 e. The fraction of sp³-hybridized carbons (Fsp3) is 0.125. The molecule has 0 aliphatic rings. The Kier molecular flexibility index (Phi) is 3.29. The minimum Gasteiger partial charge on any atom is -0.156 e. The predicted octanol–water partition coefficient (Wildman–Crippen LogP) is 3.47. The molecule has 0 saturated heterocycles. The molecule has 2 heteroatoms. The first-order valence-corrected chi connectivity index (χ1v) is 4.89. The standard InChI is InChI=1S/C8H8BrS/c1-10-6-7-4-2-3-5-8(7)9/h2-5H,1,6H2. The maximum atomic E-state index is 3.72. The van der Waals surface area contributed by atoms with Gasteiger partial charge in [0.05, 0.1) is 0 Å². The first kappa shape index (κ1) is 8.15. The van der Waals surface area contributed by atoms with E-state index < -0.39 is 0 Å². The van der Waals surface area contributed by atoms with Gasteiger partial charge in [-0.3, -0.25) is 0 Å². The van der Waals surface area contributed by atoms with Gasteiger partial charge >= 0.3 is 0 Å². The van der Waals surface area contributed by atoms with Crippen molar-refractivity contribution < 1.29 is 0 Å². The van der Waals surface area contributed by atoms with Gasteiger partial charge in [-0.05, 0) is 11.6 Å². The molecule has 1 aromatic rings. The summed E-state index contributed by atoms with van der Waals surface area (Å²) in [6.07, 6.45) is 3.72. The van der Waals surface area contributed by atoms with Gasteiger partial charge in [0.1, 0.15) is 0 Å². The highest BCUT2D eigenvalue weighted by molar-refractivity contribution is 9.10. The van der Waals surface area contributed by atoms with Crippen LogP contribution in [0.4, 0.5) is 0 Å². The molecule has 1 radical (unpaired) electrons. The minimum absolute atomic E-state index is 0.974. The smallest absolute Gasteiger partial charge is 0.0215 e. The summed E-state index contributed by atoms with van der Waals surface area (Å²) in [6.45, 7) is 0. The maximum Gasteiger partial charge on any atom is 0.0215 e. The van der Waals surface area contributed by atoms with Crippen molar-refractivity contribution in [3.63, 3.8) is 0 Å². The van der Waals surface area contributed by atoms with Crippen LogP contribution in [0.1, 0.15) is 5.56 Å². The Labute approximate surface area is 74.2 Å². The fourth-order valence-electron chi connectivity index (χ4n) is 0.725. The molecule has 0 aliphatic carbocycles. The molecule has 1 rings (SSSR count). The molecular weight excluding hydrogens is 208 g/mol. The average molecular weight is 216 g/mol. The second-order valence-corrected chi connectivity index (χ2v) is 3.49. The van der Waals surface area contributed by atoms with Crippen molar-refractivity contribution >= 4 is 27.7 Å². The highest BCUT2D eigenvalue weighted by Gasteiger charge is 1.94. The van der Waals surface area contributed by atoms with Crippen molar-refractivity contribution in [3.8, 4) is 0 Å². The number of hydrogen-bond donors (Lipinski definition) is 0. The summed E-state index contributed by atoms with van der Waals surface area (Å²) < 4.78 is 1.17. The van der Waals surface area contributed by atoms with E-state index in [2.05, 4.69) is 28.3 Å². The lowest BCUT2D eigenvalue weighted by molar-refractivity contribution is 1.39. The Balaban J connectivity index is 2.81. The van der Waals surface area contributed by atoms with Crippen LogP contribution in [0.3, 0.4) is 0 Å². The number of halogens is 1. The topological polar surface area (TPSA) is 0 Å². The fourth-order valence-corrected chi connectivity index (χ4v) is 1.81. The molecule has 0 aliphatic heterocycles. The number of benzene rings is 1. The minimum atomic E-state index is 0.974.